The van der Waals surface area contributed by atoms with Gasteiger partial charge in [-0.1, -0.05) is 67.2 Å². The van der Waals surface area contributed by atoms with Crippen LogP contribution in [0.5, 0.6) is 0 Å². The fourth-order valence-corrected chi connectivity index (χ4v) is 7.32. The highest BCUT2D eigenvalue weighted by Gasteiger charge is 2.26. The van der Waals surface area contributed by atoms with Gasteiger partial charge in [0.25, 0.3) is 5.52 Å². The van der Waals surface area contributed by atoms with Crippen molar-refractivity contribution in [2.24, 2.45) is 0 Å². The second kappa shape index (κ2) is 10.9. The summed E-state index contributed by atoms with van der Waals surface area (Å²) >= 11 is 1.77. The molecule has 2 heterocycles. The number of aromatic nitrogens is 1. The van der Waals surface area contributed by atoms with E-state index in [0.29, 0.717) is 28.8 Å². The lowest BCUT2D eigenvalue weighted by molar-refractivity contribution is -0.674. The Morgan fingerprint density at radius 1 is 0.951 bits per heavy atom. The molecule has 4 aromatic carbocycles. The summed E-state index contributed by atoms with van der Waals surface area (Å²) < 4.78 is 44.1. The summed E-state index contributed by atoms with van der Waals surface area (Å²) in [5.74, 6) is 0.675. The molecule has 0 spiro atoms. The predicted molar refractivity (Wildman–Crippen MR) is 165 cm³/mol. The molecule has 0 unspecified atom stereocenters. The van der Waals surface area contributed by atoms with E-state index in [4.69, 9.17) is 4.42 Å². The fourth-order valence-electron chi connectivity index (χ4n) is 5.45. The first-order chi connectivity index (χ1) is 19.8. The number of oxazole rings is 1. The Bertz CT molecular complexity index is 1960. The summed E-state index contributed by atoms with van der Waals surface area (Å²) in [6, 6.07) is 25.3. The van der Waals surface area contributed by atoms with Crippen LogP contribution in [0.2, 0.25) is 0 Å². The second-order valence-electron chi connectivity index (χ2n) is 9.85. The third kappa shape index (κ3) is 4.96. The highest BCUT2D eigenvalue weighted by atomic mass is 32.2. The van der Waals surface area contributed by atoms with Gasteiger partial charge in [0.1, 0.15) is 16.7 Å². The van der Waals surface area contributed by atoms with Gasteiger partial charge in [0.05, 0.1) is 21.7 Å². The summed E-state index contributed by atoms with van der Waals surface area (Å²) in [6.07, 6.45) is 5.08. The Morgan fingerprint density at radius 3 is 2.46 bits per heavy atom. The molecule has 6 nitrogen and oxygen atoms in total. The lowest BCUT2D eigenvalue weighted by Gasteiger charge is -2.19. The van der Waals surface area contributed by atoms with Crippen molar-refractivity contribution in [1.82, 2.24) is 0 Å². The molecule has 0 saturated heterocycles. The van der Waals surface area contributed by atoms with Crippen LogP contribution in [-0.4, -0.2) is 19.5 Å². The average Bonchev–Trinajstić information content (AvgIpc) is 3.52. The molecule has 0 N–H and O–H groups in total. The number of hydrogen-bond donors (Lipinski definition) is 0. The molecule has 0 aliphatic carbocycles. The van der Waals surface area contributed by atoms with Crippen LogP contribution in [0.4, 0.5) is 5.69 Å². The standard InChI is InChI=1S/C33H30N2O4S2/c1-4-22(20-32-35(6-3)28-21-24(15-18-29(28)40-32)23-11-8-7-9-12-23)19-31-34(5-2)27-17-16-25-26(33(27)39-31)13-10-14-30(25)41(36,37)38/h7-21H,4-6H2,1-3H3. The first-order valence-electron chi connectivity index (χ1n) is 13.7. The highest BCUT2D eigenvalue weighted by Crippen LogP contribution is 2.47. The number of fused-ring (bicyclic) bond motifs is 4. The molecule has 6 rings (SSSR count). The van der Waals surface area contributed by atoms with E-state index < -0.39 is 10.1 Å². The van der Waals surface area contributed by atoms with Crippen LogP contribution in [0.25, 0.3) is 39.1 Å². The number of rotatable bonds is 7. The molecule has 5 aromatic rings. The van der Waals surface area contributed by atoms with E-state index in [9.17, 15) is 13.0 Å². The molecule has 0 radical (unpaired) electrons. The number of nitrogens with zero attached hydrogens (tertiary/aromatic N) is 2. The van der Waals surface area contributed by atoms with Gasteiger partial charge in [-0.3, -0.25) is 0 Å². The number of thioether (sulfide) groups is 1. The van der Waals surface area contributed by atoms with E-state index in [1.165, 1.54) is 27.8 Å². The molecule has 0 amide bonds. The van der Waals surface area contributed by atoms with Crippen molar-refractivity contribution in [3.05, 3.63) is 101 Å². The van der Waals surface area contributed by atoms with Gasteiger partial charge in [0.15, 0.2) is 0 Å². The molecule has 41 heavy (non-hydrogen) atoms. The van der Waals surface area contributed by atoms with E-state index in [1.54, 1.807) is 30.0 Å². The van der Waals surface area contributed by atoms with Gasteiger partial charge in [-0.2, -0.15) is 4.57 Å². The van der Waals surface area contributed by atoms with E-state index in [1.807, 2.05) is 19.1 Å². The fraction of sp³-hybridized carbons (Fsp3) is 0.182. The van der Waals surface area contributed by atoms with Crippen molar-refractivity contribution in [2.45, 2.75) is 43.5 Å². The maximum absolute atomic E-state index is 11.9. The van der Waals surface area contributed by atoms with Crippen LogP contribution in [-0.2, 0) is 16.7 Å². The smallest absolute Gasteiger partial charge is 0.374 e. The van der Waals surface area contributed by atoms with Crippen molar-refractivity contribution in [3.63, 3.8) is 0 Å². The molecule has 8 heteroatoms. The molecule has 0 saturated carbocycles. The quantitative estimate of drug-likeness (QED) is 0.144. The molecular formula is C33H30N2O4S2. The largest absolute Gasteiger partial charge is 0.744 e. The zero-order valence-corrected chi connectivity index (χ0v) is 24.8. The Hall–Kier alpha value is -3.85. The van der Waals surface area contributed by atoms with Crippen molar-refractivity contribution in [1.29, 1.82) is 0 Å². The van der Waals surface area contributed by atoms with E-state index in [2.05, 4.69) is 77.9 Å². The lowest BCUT2D eigenvalue weighted by Crippen LogP contribution is -2.33. The molecular weight excluding hydrogens is 553 g/mol. The highest BCUT2D eigenvalue weighted by molar-refractivity contribution is 8.03. The van der Waals surface area contributed by atoms with Gasteiger partial charge in [-0.05, 0) is 67.3 Å². The van der Waals surface area contributed by atoms with Crippen LogP contribution in [0.3, 0.4) is 0 Å². The molecule has 0 bridgehead atoms. The molecule has 1 aromatic heterocycles. The maximum atomic E-state index is 11.9. The number of allylic oxidation sites excluding steroid dienone is 2. The third-order valence-corrected chi connectivity index (χ3v) is 9.49. The summed E-state index contributed by atoms with van der Waals surface area (Å²) in [4.78, 5) is 3.34. The van der Waals surface area contributed by atoms with Crippen molar-refractivity contribution in [3.8, 4) is 11.1 Å². The summed E-state index contributed by atoms with van der Waals surface area (Å²) in [7, 11) is -4.62. The normalized spacial score (nSPS) is 14.9. The molecule has 1 aliphatic heterocycles. The topological polar surface area (TPSA) is 77.5 Å². The minimum atomic E-state index is -4.62. The van der Waals surface area contributed by atoms with Gasteiger partial charge in [0, 0.05) is 28.3 Å². The van der Waals surface area contributed by atoms with E-state index >= 15 is 0 Å². The van der Waals surface area contributed by atoms with Crippen molar-refractivity contribution < 1.29 is 22.0 Å². The van der Waals surface area contributed by atoms with Gasteiger partial charge < -0.3 is 13.9 Å². The number of hydrogen-bond acceptors (Lipinski definition) is 6. The Kier molecular flexibility index (Phi) is 7.23. The lowest BCUT2D eigenvalue weighted by atomic mass is 10.0. The van der Waals surface area contributed by atoms with Crippen molar-refractivity contribution in [2.75, 3.05) is 11.4 Å². The van der Waals surface area contributed by atoms with Crippen LogP contribution in [0.1, 0.15) is 33.1 Å². The van der Waals surface area contributed by atoms with Crippen LogP contribution < -0.4 is 9.47 Å². The maximum Gasteiger partial charge on any atom is 0.374 e. The second-order valence-corrected chi connectivity index (χ2v) is 12.3. The zero-order chi connectivity index (χ0) is 28.7. The molecule has 1 aliphatic rings. The van der Waals surface area contributed by atoms with Gasteiger partial charge in [-0.25, -0.2) is 8.42 Å². The van der Waals surface area contributed by atoms with Crippen LogP contribution in [0, 0.1) is 0 Å². The van der Waals surface area contributed by atoms with Gasteiger partial charge >= 0.3 is 5.89 Å². The minimum absolute atomic E-state index is 0.236. The average molecular weight is 583 g/mol. The zero-order valence-electron chi connectivity index (χ0n) is 23.1. The van der Waals surface area contributed by atoms with Gasteiger partial charge in [0.2, 0.25) is 5.58 Å². The van der Waals surface area contributed by atoms with E-state index in [0.717, 1.165) is 29.1 Å². The Labute approximate surface area is 244 Å². The van der Waals surface area contributed by atoms with Gasteiger partial charge in [-0.15, -0.1) is 0 Å². The minimum Gasteiger partial charge on any atom is -0.744 e. The third-order valence-electron chi connectivity index (χ3n) is 7.48. The number of aryl methyl sites for hydroxylation is 1. The monoisotopic (exact) mass is 582 g/mol. The van der Waals surface area contributed by atoms with Crippen LogP contribution >= 0.6 is 11.8 Å². The Balaban J connectivity index is 1.42. The summed E-state index contributed by atoms with van der Waals surface area (Å²) in [5, 5.41) is 2.13. The molecule has 208 valence electrons. The summed E-state index contributed by atoms with van der Waals surface area (Å²) in [5.41, 5.74) is 6.13. The first-order valence-corrected chi connectivity index (χ1v) is 16.0. The summed E-state index contributed by atoms with van der Waals surface area (Å²) in [6.45, 7) is 7.85. The predicted octanol–water partition coefficient (Wildman–Crippen LogP) is 7.73. The number of benzene rings is 4. The first kappa shape index (κ1) is 27.3. The van der Waals surface area contributed by atoms with Crippen molar-refractivity contribution >= 4 is 55.5 Å². The van der Waals surface area contributed by atoms with E-state index in [-0.39, 0.29) is 4.90 Å². The number of anilines is 1. The molecule has 0 atom stereocenters. The molecule has 0 fully saturated rings. The SMILES string of the molecule is CCC(=C\c1oc2c3cccc(S(=O)(=O)[O-])c3ccc2[n+]1CC)/C=C1/Sc2ccc(-c3ccccc3)cc2N1CC. The Morgan fingerprint density at radius 2 is 1.76 bits per heavy atom. The van der Waals surface area contributed by atoms with Crippen LogP contribution in [0.15, 0.2) is 110 Å².